The molecule has 0 radical (unpaired) electrons. The van der Waals surface area contributed by atoms with E-state index in [0.717, 1.165) is 33.5 Å². The van der Waals surface area contributed by atoms with E-state index in [1.165, 1.54) is 9.90 Å². The lowest BCUT2D eigenvalue weighted by molar-refractivity contribution is -0.107. The molecule has 5 nitrogen and oxygen atoms in total. The van der Waals surface area contributed by atoms with E-state index in [9.17, 15) is 4.79 Å². The van der Waals surface area contributed by atoms with Gasteiger partial charge >= 0.3 is 0 Å². The minimum Gasteiger partial charge on any atom is -0.292 e. The Balaban J connectivity index is 1.86. The average Bonchev–Trinajstić information content (AvgIpc) is 2.98. The van der Waals surface area contributed by atoms with Gasteiger partial charge in [-0.2, -0.15) is 5.10 Å². The van der Waals surface area contributed by atoms with Crippen LogP contribution < -0.4 is 10.4 Å². The Morgan fingerprint density at radius 3 is 2.60 bits per heavy atom. The Hall–Kier alpha value is -2.25. The Morgan fingerprint density at radius 2 is 2.00 bits per heavy atom. The number of thioether (sulfide) groups is 1. The second-order valence-electron chi connectivity index (χ2n) is 5.37. The second kappa shape index (κ2) is 7.76. The van der Waals surface area contributed by atoms with Gasteiger partial charge in [0, 0.05) is 23.7 Å². The van der Waals surface area contributed by atoms with E-state index >= 15 is 0 Å². The molecule has 2 aromatic carbocycles. The topological polar surface area (TPSA) is 50.2 Å². The average molecular weight is 417 g/mol. The summed E-state index contributed by atoms with van der Waals surface area (Å²) in [6.45, 7) is 0. The highest BCUT2D eigenvalue weighted by molar-refractivity contribution is 9.10. The lowest BCUT2D eigenvalue weighted by Crippen LogP contribution is -2.27. The van der Waals surface area contributed by atoms with Crippen molar-refractivity contribution in [2.45, 2.75) is 4.90 Å². The third-order valence-corrected chi connectivity index (χ3v) is 4.95. The first-order chi connectivity index (χ1) is 12.1. The number of carbonyl (C=O) groups excluding carboxylic acids is 1. The molecule has 0 unspecified atom stereocenters. The molecule has 0 fully saturated rings. The molecular weight excluding hydrogens is 400 g/mol. The van der Waals surface area contributed by atoms with Crippen LogP contribution in [0.5, 0.6) is 0 Å². The zero-order valence-corrected chi connectivity index (χ0v) is 16.2. The minimum atomic E-state index is 0.735. The number of hydrazine groups is 1. The van der Waals surface area contributed by atoms with Crippen molar-refractivity contribution >= 4 is 45.5 Å². The molecule has 0 aliphatic heterocycles. The highest BCUT2D eigenvalue weighted by Gasteiger charge is 2.11. The van der Waals surface area contributed by atoms with Crippen LogP contribution in [0, 0.1) is 0 Å². The maximum absolute atomic E-state index is 11.6. The predicted octanol–water partition coefficient (Wildman–Crippen LogP) is 4.56. The number of amides is 1. The summed E-state index contributed by atoms with van der Waals surface area (Å²) in [5.41, 5.74) is 6.45. The molecule has 0 bridgehead atoms. The van der Waals surface area contributed by atoms with Crippen LogP contribution in [0.2, 0.25) is 0 Å². The van der Waals surface area contributed by atoms with Crippen molar-refractivity contribution in [3.63, 3.8) is 0 Å². The molecule has 3 aromatic rings. The summed E-state index contributed by atoms with van der Waals surface area (Å²) < 4.78 is 2.65. The molecule has 0 aliphatic carbocycles. The number of rotatable bonds is 6. The minimum absolute atomic E-state index is 0.735. The summed E-state index contributed by atoms with van der Waals surface area (Å²) in [7, 11) is 1.87. The van der Waals surface area contributed by atoms with E-state index in [1.807, 2.05) is 68.0 Å². The summed E-state index contributed by atoms with van der Waals surface area (Å²) in [5, 5.41) is 5.90. The van der Waals surface area contributed by atoms with E-state index in [4.69, 9.17) is 0 Å². The smallest absolute Gasteiger partial charge is 0.232 e. The fraction of sp³-hybridized carbons (Fsp3) is 0.111. The first kappa shape index (κ1) is 17.6. The number of carbonyl (C=O) groups is 1. The highest BCUT2D eigenvalue weighted by atomic mass is 79.9. The standard InChI is InChI=1S/C18H17BrN4OS/c1-22-11-17(19)18(21-22)13-4-3-5-15(10-13)23(12-24)20-14-6-8-16(25-2)9-7-14/h3-12,20H,1-2H3. The summed E-state index contributed by atoms with van der Waals surface area (Å²) in [6.07, 6.45) is 4.68. The number of hydrogen-bond acceptors (Lipinski definition) is 4. The van der Waals surface area contributed by atoms with Crippen molar-refractivity contribution in [3.8, 4) is 11.3 Å². The molecule has 25 heavy (non-hydrogen) atoms. The monoisotopic (exact) mass is 416 g/mol. The number of halogens is 1. The molecule has 0 saturated heterocycles. The number of aryl methyl sites for hydroxylation is 1. The summed E-state index contributed by atoms with van der Waals surface area (Å²) >= 11 is 5.19. The lowest BCUT2D eigenvalue weighted by Gasteiger charge is -2.20. The first-order valence-corrected chi connectivity index (χ1v) is 9.57. The van der Waals surface area contributed by atoms with E-state index < -0.39 is 0 Å². The molecular formula is C18H17BrN4OS. The van der Waals surface area contributed by atoms with Crippen LogP contribution in [0.25, 0.3) is 11.3 Å². The molecule has 128 valence electrons. The van der Waals surface area contributed by atoms with E-state index in [0.29, 0.717) is 0 Å². The summed E-state index contributed by atoms with van der Waals surface area (Å²) in [4.78, 5) is 12.8. The maximum atomic E-state index is 11.6. The van der Waals surface area contributed by atoms with Gasteiger partial charge in [0.1, 0.15) is 5.69 Å². The Kier molecular flexibility index (Phi) is 5.45. The summed E-state index contributed by atoms with van der Waals surface area (Å²) in [6, 6.07) is 15.6. The maximum Gasteiger partial charge on any atom is 0.232 e. The SMILES string of the molecule is CSc1ccc(NN(C=O)c2cccc(-c3nn(C)cc3Br)c2)cc1. The van der Waals surface area contributed by atoms with Crippen LogP contribution >= 0.6 is 27.7 Å². The molecule has 0 saturated carbocycles. The van der Waals surface area contributed by atoms with Crippen molar-refractivity contribution < 1.29 is 4.79 Å². The number of hydrogen-bond donors (Lipinski definition) is 1. The van der Waals surface area contributed by atoms with Gasteiger partial charge in [0.25, 0.3) is 0 Å². The van der Waals surface area contributed by atoms with Gasteiger partial charge in [0.15, 0.2) is 0 Å². The van der Waals surface area contributed by atoms with Crippen molar-refractivity contribution in [1.82, 2.24) is 9.78 Å². The van der Waals surface area contributed by atoms with E-state index in [2.05, 4.69) is 26.5 Å². The third-order valence-electron chi connectivity index (χ3n) is 3.63. The molecule has 0 aliphatic rings. The predicted molar refractivity (Wildman–Crippen MR) is 107 cm³/mol. The van der Waals surface area contributed by atoms with Gasteiger partial charge in [-0.05, 0) is 58.6 Å². The second-order valence-corrected chi connectivity index (χ2v) is 7.10. The van der Waals surface area contributed by atoms with Crippen molar-refractivity contribution in [1.29, 1.82) is 0 Å². The van der Waals surface area contributed by atoms with Crippen molar-refractivity contribution in [2.24, 2.45) is 7.05 Å². The van der Waals surface area contributed by atoms with E-state index in [1.54, 1.807) is 16.4 Å². The van der Waals surface area contributed by atoms with Crippen molar-refractivity contribution in [3.05, 3.63) is 59.2 Å². The number of anilines is 2. The Bertz CT molecular complexity index is 879. The van der Waals surface area contributed by atoms with Crippen molar-refractivity contribution in [2.75, 3.05) is 16.7 Å². The van der Waals surface area contributed by atoms with Gasteiger partial charge in [0.2, 0.25) is 6.41 Å². The van der Waals surface area contributed by atoms with Crippen LogP contribution in [0.15, 0.2) is 64.1 Å². The molecule has 3 rings (SSSR count). The Morgan fingerprint density at radius 1 is 1.24 bits per heavy atom. The Labute approximate surface area is 159 Å². The van der Waals surface area contributed by atoms with Crippen LogP contribution in [-0.2, 0) is 11.8 Å². The van der Waals surface area contributed by atoms with Crippen LogP contribution in [0.4, 0.5) is 11.4 Å². The molecule has 7 heteroatoms. The van der Waals surface area contributed by atoms with Gasteiger partial charge in [-0.1, -0.05) is 12.1 Å². The number of aromatic nitrogens is 2. The normalized spacial score (nSPS) is 10.5. The van der Waals surface area contributed by atoms with Crippen LogP contribution in [0.3, 0.4) is 0 Å². The van der Waals surface area contributed by atoms with Gasteiger partial charge in [0.05, 0.1) is 15.8 Å². The number of nitrogens with one attached hydrogen (secondary N) is 1. The molecule has 1 aromatic heterocycles. The first-order valence-electron chi connectivity index (χ1n) is 7.55. The van der Waals surface area contributed by atoms with E-state index in [-0.39, 0.29) is 0 Å². The third kappa shape index (κ3) is 4.05. The van der Waals surface area contributed by atoms with Gasteiger partial charge in [-0.15, -0.1) is 11.8 Å². The van der Waals surface area contributed by atoms with Crippen LogP contribution in [0.1, 0.15) is 0 Å². The molecule has 1 heterocycles. The molecule has 0 atom stereocenters. The van der Waals surface area contributed by atoms with Gasteiger partial charge in [-0.3, -0.25) is 14.9 Å². The van der Waals surface area contributed by atoms with Gasteiger partial charge < -0.3 is 0 Å². The fourth-order valence-corrected chi connectivity index (χ4v) is 3.43. The number of benzene rings is 2. The lowest BCUT2D eigenvalue weighted by atomic mass is 10.1. The van der Waals surface area contributed by atoms with Gasteiger partial charge in [-0.25, -0.2) is 5.01 Å². The molecule has 1 amide bonds. The highest BCUT2D eigenvalue weighted by Crippen LogP contribution is 2.29. The molecule has 1 N–H and O–H groups in total. The molecule has 0 spiro atoms. The largest absolute Gasteiger partial charge is 0.292 e. The summed E-state index contributed by atoms with van der Waals surface area (Å²) in [5.74, 6) is 0. The zero-order valence-electron chi connectivity index (χ0n) is 13.8. The fourth-order valence-electron chi connectivity index (χ4n) is 2.41. The quantitative estimate of drug-likeness (QED) is 0.363. The number of nitrogens with zero attached hydrogens (tertiary/aromatic N) is 3. The zero-order chi connectivity index (χ0) is 17.8. The van der Waals surface area contributed by atoms with Crippen LogP contribution in [-0.4, -0.2) is 22.4 Å².